The van der Waals surface area contributed by atoms with Gasteiger partial charge in [-0.15, -0.1) is 0 Å². The summed E-state index contributed by atoms with van der Waals surface area (Å²) in [5, 5.41) is 0.747. The number of benzene rings is 3. The molecule has 0 spiro atoms. The molecular formula is C35H42N4O4S. The fourth-order valence-electron chi connectivity index (χ4n) is 5.73. The van der Waals surface area contributed by atoms with E-state index < -0.39 is 10.0 Å². The first-order chi connectivity index (χ1) is 21.3. The smallest absolute Gasteiger partial charge is 0.264 e. The zero-order chi connectivity index (χ0) is 30.9. The van der Waals surface area contributed by atoms with E-state index in [1.807, 2.05) is 29.2 Å². The van der Waals surface area contributed by atoms with E-state index >= 15 is 0 Å². The van der Waals surface area contributed by atoms with Gasteiger partial charge < -0.3 is 9.64 Å². The van der Waals surface area contributed by atoms with Crippen LogP contribution in [0.5, 0.6) is 5.75 Å². The van der Waals surface area contributed by atoms with E-state index in [-0.39, 0.29) is 10.8 Å². The molecule has 1 saturated heterocycles. The summed E-state index contributed by atoms with van der Waals surface area (Å²) >= 11 is 0. The maximum absolute atomic E-state index is 13.2. The lowest BCUT2D eigenvalue weighted by atomic mass is 10.0. The minimum Gasteiger partial charge on any atom is -0.494 e. The Kier molecular flexibility index (Phi) is 10.5. The van der Waals surface area contributed by atoms with Gasteiger partial charge in [0.05, 0.1) is 12.1 Å². The first-order valence-electron chi connectivity index (χ1n) is 15.5. The third-order valence-corrected chi connectivity index (χ3v) is 9.54. The minimum atomic E-state index is -3.86. The summed E-state index contributed by atoms with van der Waals surface area (Å²) in [6, 6.07) is 23.6. The van der Waals surface area contributed by atoms with Gasteiger partial charge >= 0.3 is 0 Å². The number of carbonyl (C=O) groups excluding carboxylic acids is 1. The molecule has 1 fully saturated rings. The maximum atomic E-state index is 13.2. The molecule has 1 unspecified atom stereocenters. The van der Waals surface area contributed by atoms with Crippen molar-refractivity contribution in [2.24, 2.45) is 5.92 Å². The number of amides is 1. The van der Waals surface area contributed by atoms with E-state index in [2.05, 4.69) is 40.6 Å². The van der Waals surface area contributed by atoms with Crippen LogP contribution in [-0.4, -0.2) is 61.9 Å². The second-order valence-electron chi connectivity index (χ2n) is 11.6. The van der Waals surface area contributed by atoms with Crippen molar-refractivity contribution in [3.8, 4) is 5.75 Å². The Balaban J connectivity index is 1.10. The van der Waals surface area contributed by atoms with Crippen LogP contribution in [-0.2, 0) is 16.6 Å². The van der Waals surface area contributed by atoms with Gasteiger partial charge in [-0.05, 0) is 72.9 Å². The standard InChI is InChI=1S/C35H42N4O4S/c1-3-8-27(2)9-7-24-43-32-13-4-10-28(25-32)26-38-20-22-39(23-21-38)35(40)30-15-17-31(18-16-30)37-44(41,42)33-14-5-11-29-12-6-19-36-34(29)33/h4-6,10-19,25,27,37H,3,7-9,20-24,26H2,1-2H3. The van der Waals surface area contributed by atoms with Gasteiger partial charge in [-0.3, -0.25) is 19.4 Å². The number of rotatable bonds is 13. The second-order valence-corrected chi connectivity index (χ2v) is 13.3. The third-order valence-electron chi connectivity index (χ3n) is 8.12. The molecule has 1 atom stereocenters. The summed E-state index contributed by atoms with van der Waals surface area (Å²) in [7, 11) is -3.86. The van der Waals surface area contributed by atoms with Gasteiger partial charge in [0.25, 0.3) is 15.9 Å². The summed E-state index contributed by atoms with van der Waals surface area (Å²) in [5.74, 6) is 1.61. The number of aromatic nitrogens is 1. The largest absolute Gasteiger partial charge is 0.494 e. The molecule has 0 bridgehead atoms. The third kappa shape index (κ3) is 8.15. The Morgan fingerprint density at radius 2 is 1.70 bits per heavy atom. The Bertz CT molecular complexity index is 1650. The van der Waals surface area contributed by atoms with Gasteiger partial charge in [0.1, 0.15) is 10.6 Å². The number of ether oxygens (including phenoxy) is 1. The molecule has 5 rings (SSSR count). The van der Waals surface area contributed by atoms with Crippen molar-refractivity contribution in [1.29, 1.82) is 0 Å². The normalized spacial score (nSPS) is 14.8. The topological polar surface area (TPSA) is 91.8 Å². The summed E-state index contributed by atoms with van der Waals surface area (Å²) in [4.78, 5) is 21.8. The number of nitrogens with one attached hydrogen (secondary N) is 1. The van der Waals surface area contributed by atoms with Gasteiger partial charge in [-0.1, -0.05) is 57.0 Å². The van der Waals surface area contributed by atoms with Gasteiger partial charge in [-0.25, -0.2) is 8.42 Å². The molecule has 0 radical (unpaired) electrons. The summed E-state index contributed by atoms with van der Waals surface area (Å²) in [5.41, 5.74) is 2.54. The molecule has 1 amide bonds. The van der Waals surface area contributed by atoms with Crippen molar-refractivity contribution in [1.82, 2.24) is 14.8 Å². The van der Waals surface area contributed by atoms with Gasteiger partial charge in [0.15, 0.2) is 0 Å². The highest BCUT2D eigenvalue weighted by atomic mass is 32.2. The van der Waals surface area contributed by atoms with Crippen LogP contribution in [0.4, 0.5) is 5.69 Å². The Labute approximate surface area is 261 Å². The van der Waals surface area contributed by atoms with Crippen molar-refractivity contribution in [3.05, 3.63) is 96.2 Å². The molecule has 2 heterocycles. The van der Waals surface area contributed by atoms with Crippen LogP contribution in [0.1, 0.15) is 55.5 Å². The van der Waals surface area contributed by atoms with Gasteiger partial charge in [0.2, 0.25) is 0 Å². The van der Waals surface area contributed by atoms with Crippen LogP contribution in [0, 0.1) is 5.92 Å². The van der Waals surface area contributed by atoms with Crippen LogP contribution in [0.25, 0.3) is 10.9 Å². The van der Waals surface area contributed by atoms with Crippen LogP contribution in [0.3, 0.4) is 0 Å². The van der Waals surface area contributed by atoms with E-state index in [9.17, 15) is 13.2 Å². The van der Waals surface area contributed by atoms with E-state index in [0.717, 1.165) is 49.7 Å². The number of piperazine rings is 1. The van der Waals surface area contributed by atoms with Crippen molar-refractivity contribution in [2.75, 3.05) is 37.5 Å². The number of hydrogen-bond donors (Lipinski definition) is 1. The number of pyridine rings is 1. The predicted molar refractivity (Wildman–Crippen MR) is 175 cm³/mol. The van der Waals surface area contributed by atoms with E-state index in [0.29, 0.717) is 29.9 Å². The number of nitrogens with zero attached hydrogens (tertiary/aromatic N) is 3. The lowest BCUT2D eigenvalue weighted by Gasteiger charge is -2.34. The average molecular weight is 615 g/mol. The highest BCUT2D eigenvalue weighted by Crippen LogP contribution is 2.24. The van der Waals surface area contributed by atoms with E-state index in [4.69, 9.17) is 4.74 Å². The molecule has 3 aromatic carbocycles. The lowest BCUT2D eigenvalue weighted by molar-refractivity contribution is 0.0628. The lowest BCUT2D eigenvalue weighted by Crippen LogP contribution is -2.48. The molecule has 1 aliphatic heterocycles. The van der Waals surface area contributed by atoms with E-state index in [1.54, 1.807) is 42.6 Å². The maximum Gasteiger partial charge on any atom is 0.264 e. The Morgan fingerprint density at radius 3 is 2.48 bits per heavy atom. The second kappa shape index (κ2) is 14.7. The molecule has 0 aliphatic carbocycles. The number of anilines is 1. The Hall–Kier alpha value is -3.95. The highest BCUT2D eigenvalue weighted by molar-refractivity contribution is 7.93. The van der Waals surface area contributed by atoms with Crippen LogP contribution >= 0.6 is 0 Å². The van der Waals surface area contributed by atoms with Crippen molar-refractivity contribution < 1.29 is 17.9 Å². The van der Waals surface area contributed by atoms with E-state index in [1.165, 1.54) is 30.9 Å². The summed E-state index contributed by atoms with van der Waals surface area (Å²) in [6.07, 6.45) is 6.35. The van der Waals surface area contributed by atoms with Crippen molar-refractivity contribution in [3.63, 3.8) is 0 Å². The fraction of sp³-hybridized carbons (Fsp3) is 0.371. The minimum absolute atomic E-state index is 0.0547. The number of carbonyl (C=O) groups is 1. The average Bonchev–Trinajstić information content (AvgIpc) is 3.03. The highest BCUT2D eigenvalue weighted by Gasteiger charge is 2.23. The predicted octanol–water partition coefficient (Wildman–Crippen LogP) is 6.59. The number of fused-ring (bicyclic) bond motifs is 1. The first kappa shape index (κ1) is 31.5. The fourth-order valence-corrected chi connectivity index (χ4v) is 6.97. The molecule has 232 valence electrons. The monoisotopic (exact) mass is 614 g/mol. The molecule has 4 aromatic rings. The summed E-state index contributed by atoms with van der Waals surface area (Å²) < 4.78 is 34.9. The molecular weight excluding hydrogens is 572 g/mol. The Morgan fingerprint density at radius 1 is 0.955 bits per heavy atom. The molecule has 1 aliphatic rings. The van der Waals surface area contributed by atoms with Crippen LogP contribution in [0.15, 0.2) is 90.0 Å². The molecule has 1 N–H and O–H groups in total. The van der Waals surface area contributed by atoms with Crippen molar-refractivity contribution >= 4 is 32.5 Å². The first-order valence-corrected chi connectivity index (χ1v) is 17.0. The van der Waals surface area contributed by atoms with Crippen LogP contribution < -0.4 is 9.46 Å². The quantitative estimate of drug-likeness (QED) is 0.171. The number of hydrogen-bond acceptors (Lipinski definition) is 6. The SMILES string of the molecule is CCCC(C)CCCOc1cccc(CN2CCN(C(=O)c3ccc(NS(=O)(=O)c4cccc5cccnc45)cc3)CC2)c1. The molecule has 44 heavy (non-hydrogen) atoms. The molecule has 1 aromatic heterocycles. The number of sulfonamides is 1. The molecule has 8 nitrogen and oxygen atoms in total. The molecule has 0 saturated carbocycles. The molecule has 9 heteroatoms. The van der Waals surface area contributed by atoms with Gasteiger partial charge in [0, 0.05) is 55.6 Å². The number of para-hydroxylation sites is 1. The van der Waals surface area contributed by atoms with Crippen molar-refractivity contribution in [2.45, 2.75) is 51.0 Å². The summed E-state index contributed by atoms with van der Waals surface area (Å²) in [6.45, 7) is 8.93. The van der Waals surface area contributed by atoms with Gasteiger partial charge in [-0.2, -0.15) is 0 Å². The zero-order valence-corrected chi connectivity index (χ0v) is 26.4. The zero-order valence-electron chi connectivity index (χ0n) is 25.6. The van der Waals surface area contributed by atoms with Crippen LogP contribution in [0.2, 0.25) is 0 Å².